The summed E-state index contributed by atoms with van der Waals surface area (Å²) in [6.45, 7) is 0.688. The summed E-state index contributed by atoms with van der Waals surface area (Å²) in [4.78, 5) is 12.1. The van der Waals surface area contributed by atoms with E-state index in [1.807, 2.05) is 12.3 Å². The molecular formula is C22H24N4. The van der Waals surface area contributed by atoms with Crippen molar-refractivity contribution in [3.05, 3.63) is 54.7 Å². The highest BCUT2D eigenvalue weighted by Crippen LogP contribution is 2.45. The Morgan fingerprint density at radius 1 is 1.04 bits per heavy atom. The maximum Gasteiger partial charge on any atom is 0.226 e. The largest absolute Gasteiger partial charge is 0.331 e. The van der Waals surface area contributed by atoms with Crippen LogP contribution in [0.1, 0.15) is 32.1 Å². The fourth-order valence-electron chi connectivity index (χ4n) is 4.91. The number of piperidine rings is 1. The third kappa shape index (κ3) is 2.40. The second kappa shape index (κ2) is 6.06. The summed E-state index contributed by atoms with van der Waals surface area (Å²) in [6, 6.07) is 17.5. The average molecular weight is 344 g/mol. The van der Waals surface area contributed by atoms with Gasteiger partial charge in [0.1, 0.15) is 0 Å². The Hall–Kier alpha value is -2.46. The van der Waals surface area contributed by atoms with Gasteiger partial charge in [0.15, 0.2) is 0 Å². The van der Waals surface area contributed by atoms with E-state index in [1.54, 1.807) is 0 Å². The van der Waals surface area contributed by atoms with Crippen LogP contribution in [0.5, 0.6) is 0 Å². The molecule has 0 radical (unpaired) electrons. The van der Waals surface area contributed by atoms with Crippen molar-refractivity contribution in [2.45, 2.75) is 43.7 Å². The predicted molar refractivity (Wildman–Crippen MR) is 106 cm³/mol. The fourth-order valence-corrected chi connectivity index (χ4v) is 4.91. The topological polar surface area (TPSA) is 55.0 Å². The van der Waals surface area contributed by atoms with Gasteiger partial charge in [-0.15, -0.1) is 0 Å². The lowest BCUT2D eigenvalue weighted by Crippen LogP contribution is -2.55. The Kier molecular flexibility index (Phi) is 3.68. The summed E-state index contributed by atoms with van der Waals surface area (Å²) in [5, 5.41) is 2.49. The van der Waals surface area contributed by atoms with Gasteiger partial charge in [0.05, 0.1) is 11.2 Å². The number of fused-ring (bicyclic) bond motifs is 3. The molecule has 2 aromatic carbocycles. The first-order chi connectivity index (χ1) is 12.8. The van der Waals surface area contributed by atoms with Crippen molar-refractivity contribution in [1.82, 2.24) is 9.97 Å². The van der Waals surface area contributed by atoms with E-state index in [0.29, 0.717) is 12.6 Å². The van der Waals surface area contributed by atoms with Gasteiger partial charge >= 0.3 is 0 Å². The van der Waals surface area contributed by atoms with Gasteiger partial charge in [0, 0.05) is 24.3 Å². The van der Waals surface area contributed by atoms with Crippen molar-refractivity contribution in [1.29, 1.82) is 0 Å². The molecule has 132 valence electrons. The molecule has 0 unspecified atom stereocenters. The second-order valence-corrected chi connectivity index (χ2v) is 7.69. The molecular weight excluding hydrogens is 320 g/mol. The van der Waals surface area contributed by atoms with Crippen LogP contribution < -0.4 is 10.6 Å². The number of benzene rings is 2. The van der Waals surface area contributed by atoms with Gasteiger partial charge in [-0.2, -0.15) is 0 Å². The molecule has 0 spiro atoms. The minimum atomic E-state index is 0.0604. The van der Waals surface area contributed by atoms with Gasteiger partial charge in [0.25, 0.3) is 0 Å². The molecule has 2 aliphatic rings. The molecule has 2 aliphatic heterocycles. The number of hydrogen-bond acceptors (Lipinski definition) is 4. The Morgan fingerprint density at radius 2 is 1.92 bits per heavy atom. The minimum Gasteiger partial charge on any atom is -0.331 e. The molecule has 2 saturated heterocycles. The normalized spacial score (nSPS) is 25.0. The van der Waals surface area contributed by atoms with Crippen LogP contribution in [0.2, 0.25) is 0 Å². The van der Waals surface area contributed by atoms with Crippen LogP contribution in [0.4, 0.5) is 5.95 Å². The van der Waals surface area contributed by atoms with Crippen LogP contribution >= 0.6 is 0 Å². The zero-order valence-electron chi connectivity index (χ0n) is 14.9. The molecule has 26 heavy (non-hydrogen) atoms. The number of nitrogens with two attached hydrogens (primary N) is 1. The summed E-state index contributed by atoms with van der Waals surface area (Å²) < 4.78 is 0. The van der Waals surface area contributed by atoms with Crippen molar-refractivity contribution < 1.29 is 0 Å². The molecule has 3 heterocycles. The molecule has 1 aromatic heterocycles. The van der Waals surface area contributed by atoms with E-state index in [2.05, 4.69) is 52.3 Å². The predicted octanol–water partition coefficient (Wildman–Crippen LogP) is 4.15. The highest BCUT2D eigenvalue weighted by molar-refractivity contribution is 5.86. The van der Waals surface area contributed by atoms with Crippen molar-refractivity contribution in [2.24, 2.45) is 5.73 Å². The number of rotatable bonds is 3. The Labute approximate surface area is 154 Å². The number of anilines is 1. The smallest absolute Gasteiger partial charge is 0.226 e. The highest BCUT2D eigenvalue weighted by Gasteiger charge is 2.49. The Balaban J connectivity index is 1.56. The lowest BCUT2D eigenvalue weighted by molar-refractivity contribution is 0.335. The lowest BCUT2D eigenvalue weighted by atomic mass is 9.88. The van der Waals surface area contributed by atoms with E-state index in [0.717, 1.165) is 30.0 Å². The monoisotopic (exact) mass is 344 g/mol. The van der Waals surface area contributed by atoms with E-state index >= 15 is 0 Å². The molecule has 2 N–H and O–H groups in total. The molecule has 5 rings (SSSR count). The zero-order valence-corrected chi connectivity index (χ0v) is 14.9. The molecule has 3 aromatic rings. The van der Waals surface area contributed by atoms with Gasteiger partial charge in [0.2, 0.25) is 5.95 Å². The third-order valence-electron chi connectivity index (χ3n) is 6.28. The summed E-state index contributed by atoms with van der Waals surface area (Å²) in [5.74, 6) is 0.850. The molecule has 2 atom stereocenters. The quantitative estimate of drug-likeness (QED) is 0.775. The van der Waals surface area contributed by atoms with E-state index in [-0.39, 0.29) is 5.54 Å². The Bertz CT molecular complexity index is 950. The Morgan fingerprint density at radius 3 is 2.81 bits per heavy atom. The summed E-state index contributed by atoms with van der Waals surface area (Å²) >= 11 is 0. The van der Waals surface area contributed by atoms with Crippen LogP contribution in [-0.2, 0) is 0 Å². The summed E-state index contributed by atoms with van der Waals surface area (Å²) in [7, 11) is 0. The minimum absolute atomic E-state index is 0.0604. The second-order valence-electron chi connectivity index (χ2n) is 7.69. The van der Waals surface area contributed by atoms with Gasteiger partial charge in [-0.1, -0.05) is 36.4 Å². The first-order valence-electron chi connectivity index (χ1n) is 9.61. The maximum atomic E-state index is 6.22. The van der Waals surface area contributed by atoms with Crippen molar-refractivity contribution in [2.75, 3.05) is 11.4 Å². The van der Waals surface area contributed by atoms with E-state index in [1.165, 1.54) is 30.0 Å². The van der Waals surface area contributed by atoms with Gasteiger partial charge < -0.3 is 10.6 Å². The van der Waals surface area contributed by atoms with Gasteiger partial charge in [-0.25, -0.2) is 9.97 Å². The van der Waals surface area contributed by atoms with Crippen molar-refractivity contribution in [3.8, 4) is 11.3 Å². The van der Waals surface area contributed by atoms with Gasteiger partial charge in [-0.3, -0.25) is 0 Å². The zero-order chi connectivity index (χ0) is 17.6. The van der Waals surface area contributed by atoms with Crippen LogP contribution in [0.3, 0.4) is 0 Å². The van der Waals surface area contributed by atoms with Crippen LogP contribution in [0.15, 0.2) is 54.7 Å². The standard InChI is InChI=1S/C22H24N4/c23-15-22-11-3-6-19(9-12-22)26(22)21-24-13-10-20(25-21)18-8-7-16-4-1-2-5-17(16)14-18/h1-2,4-5,7-8,10,13-14,19H,3,6,9,11-12,15,23H2/t19-,22+/m0/s1. The van der Waals surface area contributed by atoms with Crippen molar-refractivity contribution in [3.63, 3.8) is 0 Å². The van der Waals surface area contributed by atoms with E-state index in [4.69, 9.17) is 10.7 Å². The lowest BCUT2D eigenvalue weighted by Gasteiger charge is -2.44. The third-order valence-corrected chi connectivity index (χ3v) is 6.28. The summed E-state index contributed by atoms with van der Waals surface area (Å²) in [6.07, 6.45) is 7.92. The van der Waals surface area contributed by atoms with Crippen LogP contribution in [0.25, 0.3) is 22.0 Å². The molecule has 0 amide bonds. The fraction of sp³-hybridized carbons (Fsp3) is 0.364. The molecule has 0 aliphatic carbocycles. The summed E-state index contributed by atoms with van der Waals surface area (Å²) in [5.41, 5.74) is 8.40. The molecule has 2 fully saturated rings. The SMILES string of the molecule is NC[C@@]12CCC[C@@H](CC1)N2c1nccc(-c2ccc3ccccc3c2)n1. The molecule has 4 nitrogen and oxygen atoms in total. The molecule has 2 bridgehead atoms. The number of nitrogens with zero attached hydrogens (tertiary/aromatic N) is 3. The average Bonchev–Trinajstić information content (AvgIpc) is 2.93. The molecule has 0 saturated carbocycles. The maximum absolute atomic E-state index is 6.22. The number of aromatic nitrogens is 2. The van der Waals surface area contributed by atoms with E-state index in [9.17, 15) is 0 Å². The highest BCUT2D eigenvalue weighted by atomic mass is 15.3. The first-order valence-corrected chi connectivity index (χ1v) is 9.61. The van der Waals surface area contributed by atoms with E-state index < -0.39 is 0 Å². The van der Waals surface area contributed by atoms with Crippen LogP contribution in [-0.4, -0.2) is 28.1 Å². The van der Waals surface area contributed by atoms with Crippen LogP contribution in [0, 0.1) is 0 Å². The first kappa shape index (κ1) is 15.8. The van der Waals surface area contributed by atoms with Crippen molar-refractivity contribution >= 4 is 16.7 Å². The number of hydrogen-bond donors (Lipinski definition) is 1. The van der Waals surface area contributed by atoms with Gasteiger partial charge in [-0.05, 0) is 55.0 Å². The molecule has 4 heteroatoms.